The monoisotopic (exact) mass is 242 g/mol. The van der Waals surface area contributed by atoms with Crippen LogP contribution in [-0.4, -0.2) is 29.7 Å². The number of hydrogen-bond acceptors (Lipinski definition) is 2. The normalized spacial score (nSPS) is 18.2. The zero-order valence-electron chi connectivity index (χ0n) is 10.5. The number of carboxylic acid groups (broad SMARTS) is 1. The summed E-state index contributed by atoms with van der Waals surface area (Å²) >= 11 is 0. The van der Waals surface area contributed by atoms with Crippen LogP contribution in [0.5, 0.6) is 0 Å². The van der Waals surface area contributed by atoms with Crippen molar-refractivity contribution in [1.29, 1.82) is 0 Å². The molecule has 0 heterocycles. The molecule has 5 nitrogen and oxygen atoms in total. The Bertz CT molecular complexity index is 277. The quantitative estimate of drug-likeness (QED) is 0.634. The number of carbonyl (C=O) groups is 2. The predicted octanol–water partition coefficient (Wildman–Crippen LogP) is 1.58. The molecule has 0 aliphatic heterocycles. The van der Waals surface area contributed by atoms with E-state index in [9.17, 15) is 9.59 Å². The zero-order valence-corrected chi connectivity index (χ0v) is 10.5. The van der Waals surface area contributed by atoms with Crippen LogP contribution >= 0.6 is 0 Å². The Labute approximate surface area is 102 Å². The molecule has 2 atom stereocenters. The van der Waals surface area contributed by atoms with Crippen molar-refractivity contribution in [2.45, 2.75) is 45.6 Å². The standard InChI is InChI=1S/C12H22N2O3/c1-3-10(11(15)16)7-13-12(17)14-8(2)6-9-4-5-9/h8-10H,3-7H2,1-2H3,(H,15,16)(H2,13,14,17). The molecule has 2 unspecified atom stereocenters. The van der Waals surface area contributed by atoms with Crippen LogP contribution in [0.15, 0.2) is 0 Å². The lowest BCUT2D eigenvalue weighted by Crippen LogP contribution is -2.43. The fourth-order valence-corrected chi connectivity index (χ4v) is 1.81. The van der Waals surface area contributed by atoms with Crippen molar-refractivity contribution in [2.24, 2.45) is 11.8 Å². The van der Waals surface area contributed by atoms with Crippen LogP contribution in [0.3, 0.4) is 0 Å². The summed E-state index contributed by atoms with van der Waals surface area (Å²) in [5, 5.41) is 14.3. The number of rotatable bonds is 7. The van der Waals surface area contributed by atoms with E-state index in [0.29, 0.717) is 6.42 Å². The van der Waals surface area contributed by atoms with Gasteiger partial charge in [-0.05, 0) is 25.7 Å². The summed E-state index contributed by atoms with van der Waals surface area (Å²) in [5.41, 5.74) is 0. The molecule has 98 valence electrons. The van der Waals surface area contributed by atoms with E-state index in [-0.39, 0.29) is 18.6 Å². The molecule has 0 aromatic rings. The first-order chi connectivity index (χ1) is 8.02. The Balaban J connectivity index is 2.16. The fourth-order valence-electron chi connectivity index (χ4n) is 1.81. The van der Waals surface area contributed by atoms with Crippen molar-refractivity contribution in [2.75, 3.05) is 6.54 Å². The molecule has 0 spiro atoms. The predicted molar refractivity (Wildman–Crippen MR) is 64.8 cm³/mol. The molecule has 0 saturated heterocycles. The first-order valence-electron chi connectivity index (χ1n) is 6.30. The van der Waals surface area contributed by atoms with Crippen molar-refractivity contribution in [3.63, 3.8) is 0 Å². The lowest BCUT2D eigenvalue weighted by molar-refractivity contribution is -0.141. The highest BCUT2D eigenvalue weighted by Crippen LogP contribution is 2.33. The summed E-state index contributed by atoms with van der Waals surface area (Å²) in [7, 11) is 0. The minimum Gasteiger partial charge on any atom is -0.481 e. The number of carbonyl (C=O) groups excluding carboxylic acids is 1. The maximum atomic E-state index is 11.5. The van der Waals surface area contributed by atoms with Gasteiger partial charge < -0.3 is 15.7 Å². The second-order valence-electron chi connectivity index (χ2n) is 4.88. The molecule has 0 aromatic heterocycles. The summed E-state index contributed by atoms with van der Waals surface area (Å²) < 4.78 is 0. The van der Waals surface area contributed by atoms with Crippen molar-refractivity contribution in [1.82, 2.24) is 10.6 Å². The van der Waals surface area contributed by atoms with Crippen LogP contribution in [0.4, 0.5) is 4.79 Å². The second kappa shape index (κ2) is 6.47. The topological polar surface area (TPSA) is 78.4 Å². The first kappa shape index (κ1) is 13.8. The lowest BCUT2D eigenvalue weighted by Gasteiger charge is -2.16. The maximum absolute atomic E-state index is 11.5. The molecule has 0 radical (unpaired) electrons. The van der Waals surface area contributed by atoms with E-state index in [1.165, 1.54) is 12.8 Å². The van der Waals surface area contributed by atoms with Crippen molar-refractivity contribution in [3.05, 3.63) is 0 Å². The van der Waals surface area contributed by atoms with Gasteiger partial charge in [0, 0.05) is 12.6 Å². The van der Waals surface area contributed by atoms with Crippen molar-refractivity contribution < 1.29 is 14.7 Å². The van der Waals surface area contributed by atoms with Crippen LogP contribution in [0.2, 0.25) is 0 Å². The fraction of sp³-hybridized carbons (Fsp3) is 0.833. The van der Waals surface area contributed by atoms with Gasteiger partial charge in [-0.25, -0.2) is 4.79 Å². The van der Waals surface area contributed by atoms with Gasteiger partial charge in [0.2, 0.25) is 0 Å². The van der Waals surface area contributed by atoms with Crippen LogP contribution < -0.4 is 10.6 Å². The van der Waals surface area contributed by atoms with Crippen LogP contribution in [-0.2, 0) is 4.79 Å². The third-order valence-corrected chi connectivity index (χ3v) is 3.11. The number of urea groups is 1. The SMILES string of the molecule is CCC(CNC(=O)NC(C)CC1CC1)C(=O)O. The average Bonchev–Trinajstić information content (AvgIpc) is 3.01. The third kappa shape index (κ3) is 5.56. The molecule has 1 fully saturated rings. The average molecular weight is 242 g/mol. The van der Waals surface area contributed by atoms with Gasteiger partial charge in [0.05, 0.1) is 5.92 Å². The summed E-state index contributed by atoms with van der Waals surface area (Å²) in [4.78, 5) is 22.2. The van der Waals surface area contributed by atoms with Crippen LogP contribution in [0, 0.1) is 11.8 Å². The van der Waals surface area contributed by atoms with Crippen molar-refractivity contribution >= 4 is 12.0 Å². The van der Waals surface area contributed by atoms with E-state index in [1.807, 2.05) is 6.92 Å². The molecular weight excluding hydrogens is 220 g/mol. The van der Waals surface area contributed by atoms with E-state index in [0.717, 1.165) is 12.3 Å². The summed E-state index contributed by atoms with van der Waals surface area (Å²) in [6.45, 7) is 3.97. The molecule has 1 rings (SSSR count). The highest BCUT2D eigenvalue weighted by molar-refractivity contribution is 5.76. The van der Waals surface area contributed by atoms with E-state index in [1.54, 1.807) is 6.92 Å². The number of hydrogen-bond donors (Lipinski definition) is 3. The largest absolute Gasteiger partial charge is 0.481 e. The van der Waals surface area contributed by atoms with E-state index < -0.39 is 11.9 Å². The van der Waals surface area contributed by atoms with Crippen LogP contribution in [0.1, 0.15) is 39.5 Å². The number of amides is 2. The van der Waals surface area contributed by atoms with E-state index in [4.69, 9.17) is 5.11 Å². The highest BCUT2D eigenvalue weighted by Gasteiger charge is 2.24. The molecular formula is C12H22N2O3. The third-order valence-electron chi connectivity index (χ3n) is 3.11. The zero-order chi connectivity index (χ0) is 12.8. The lowest BCUT2D eigenvalue weighted by atomic mass is 10.1. The molecule has 1 saturated carbocycles. The van der Waals surface area contributed by atoms with Crippen LogP contribution in [0.25, 0.3) is 0 Å². The van der Waals surface area contributed by atoms with Gasteiger partial charge in [0.1, 0.15) is 0 Å². The first-order valence-corrected chi connectivity index (χ1v) is 6.30. The highest BCUT2D eigenvalue weighted by atomic mass is 16.4. The Morgan fingerprint density at radius 3 is 2.53 bits per heavy atom. The number of nitrogens with one attached hydrogen (secondary N) is 2. The Hall–Kier alpha value is -1.26. The minimum absolute atomic E-state index is 0.160. The second-order valence-corrected chi connectivity index (χ2v) is 4.88. The Morgan fingerprint density at radius 2 is 2.06 bits per heavy atom. The van der Waals surface area contributed by atoms with Gasteiger partial charge in [-0.15, -0.1) is 0 Å². The van der Waals surface area contributed by atoms with E-state index >= 15 is 0 Å². The van der Waals surface area contributed by atoms with E-state index in [2.05, 4.69) is 10.6 Å². The molecule has 5 heteroatoms. The summed E-state index contributed by atoms with van der Waals surface area (Å²) in [6, 6.07) is -0.106. The molecule has 3 N–H and O–H groups in total. The minimum atomic E-state index is -0.862. The Morgan fingerprint density at radius 1 is 1.41 bits per heavy atom. The molecule has 17 heavy (non-hydrogen) atoms. The van der Waals surface area contributed by atoms with Crippen molar-refractivity contribution in [3.8, 4) is 0 Å². The van der Waals surface area contributed by atoms with Gasteiger partial charge in [0.25, 0.3) is 0 Å². The number of carboxylic acids is 1. The molecule has 0 aromatic carbocycles. The number of aliphatic carboxylic acids is 1. The smallest absolute Gasteiger partial charge is 0.315 e. The van der Waals surface area contributed by atoms with Gasteiger partial charge in [0.15, 0.2) is 0 Å². The van der Waals surface area contributed by atoms with Gasteiger partial charge >= 0.3 is 12.0 Å². The summed E-state index contributed by atoms with van der Waals surface area (Å²) in [6.07, 6.45) is 4.08. The summed E-state index contributed by atoms with van der Waals surface area (Å²) in [5.74, 6) is -0.592. The van der Waals surface area contributed by atoms with Gasteiger partial charge in [-0.3, -0.25) is 4.79 Å². The Kier molecular flexibility index (Phi) is 5.25. The van der Waals surface area contributed by atoms with Gasteiger partial charge in [-0.1, -0.05) is 19.8 Å². The molecule has 1 aliphatic rings. The maximum Gasteiger partial charge on any atom is 0.315 e. The molecule has 1 aliphatic carbocycles. The van der Waals surface area contributed by atoms with Gasteiger partial charge in [-0.2, -0.15) is 0 Å². The molecule has 2 amide bonds. The molecule has 0 bridgehead atoms.